The topological polar surface area (TPSA) is 85.5 Å². The molecule has 0 radical (unpaired) electrons. The molecule has 170 valence electrons. The normalized spacial score (nSPS) is 10.8. The molecule has 0 unspecified atom stereocenters. The minimum atomic E-state index is -0.337. The Labute approximate surface area is 196 Å². The van der Waals surface area contributed by atoms with E-state index in [0.717, 1.165) is 27.8 Å². The van der Waals surface area contributed by atoms with E-state index < -0.39 is 0 Å². The van der Waals surface area contributed by atoms with Gasteiger partial charge in [0.15, 0.2) is 17.3 Å². The minimum Gasteiger partial charge on any atom is -0.493 e. The number of benzene rings is 3. The Bertz CT molecular complexity index is 1260. The second-order valence-electron chi connectivity index (χ2n) is 7.16. The van der Waals surface area contributed by atoms with Crippen LogP contribution in [0.15, 0.2) is 59.5 Å². The predicted octanol–water partition coefficient (Wildman–Crippen LogP) is 5.62. The average Bonchev–Trinajstić information content (AvgIpc) is 3.25. The number of anilines is 1. The molecule has 1 heterocycles. The quantitative estimate of drug-likeness (QED) is 0.330. The van der Waals surface area contributed by atoms with Gasteiger partial charge in [-0.1, -0.05) is 25.1 Å². The zero-order chi connectivity index (χ0) is 23.4. The Morgan fingerprint density at radius 3 is 2.21 bits per heavy atom. The van der Waals surface area contributed by atoms with Gasteiger partial charge >= 0.3 is 0 Å². The van der Waals surface area contributed by atoms with Gasteiger partial charge in [0.1, 0.15) is 0 Å². The molecule has 0 aliphatic heterocycles. The number of carbonyl (C=O) groups is 1. The minimum absolute atomic E-state index is 0.337. The summed E-state index contributed by atoms with van der Waals surface area (Å²) in [6, 6.07) is 17.7. The van der Waals surface area contributed by atoms with Crippen LogP contribution in [0.25, 0.3) is 22.0 Å². The lowest BCUT2D eigenvalue weighted by molar-refractivity contribution is 0.102. The molecule has 33 heavy (non-hydrogen) atoms. The number of nitrogens with zero attached hydrogens (tertiary/aromatic N) is 1. The van der Waals surface area contributed by atoms with Gasteiger partial charge in [-0.15, -0.1) is 11.8 Å². The number of H-pyrrole nitrogens is 1. The molecule has 0 saturated carbocycles. The van der Waals surface area contributed by atoms with Gasteiger partial charge in [-0.2, -0.15) is 5.10 Å². The number of rotatable bonds is 8. The largest absolute Gasteiger partial charge is 0.493 e. The monoisotopic (exact) mass is 463 g/mol. The van der Waals surface area contributed by atoms with Gasteiger partial charge in [0, 0.05) is 15.8 Å². The van der Waals surface area contributed by atoms with E-state index in [4.69, 9.17) is 14.2 Å². The maximum atomic E-state index is 12.9. The molecule has 8 heteroatoms. The second-order valence-corrected chi connectivity index (χ2v) is 8.50. The van der Waals surface area contributed by atoms with Gasteiger partial charge in [0.25, 0.3) is 5.91 Å². The van der Waals surface area contributed by atoms with Crippen LogP contribution in [-0.2, 0) is 0 Å². The lowest BCUT2D eigenvalue weighted by Gasteiger charge is -2.13. The van der Waals surface area contributed by atoms with Crippen LogP contribution in [-0.4, -0.2) is 43.2 Å². The van der Waals surface area contributed by atoms with Crippen LogP contribution in [0.5, 0.6) is 17.2 Å². The highest BCUT2D eigenvalue weighted by atomic mass is 32.2. The number of methoxy groups -OCH3 is 3. The number of hydrogen-bond donors (Lipinski definition) is 2. The first-order chi connectivity index (χ1) is 16.1. The van der Waals surface area contributed by atoms with Crippen molar-refractivity contribution in [2.24, 2.45) is 0 Å². The standard InChI is InChI=1S/C25H25N3O4S/c1-5-33-18-9-6-15(7-10-18)16-8-11-19-20(12-16)27-28-24(19)26-25(29)17-13-21(30-2)23(32-4)22(14-17)31-3/h6-14H,5H2,1-4H3,(H2,26,27,28,29). The fourth-order valence-electron chi connectivity index (χ4n) is 3.60. The van der Waals surface area contributed by atoms with E-state index in [2.05, 4.69) is 46.7 Å². The van der Waals surface area contributed by atoms with Gasteiger partial charge in [-0.05, 0) is 53.3 Å². The first-order valence-corrected chi connectivity index (χ1v) is 11.4. The lowest BCUT2D eigenvalue weighted by atomic mass is 10.0. The van der Waals surface area contributed by atoms with Crippen LogP contribution in [0, 0.1) is 0 Å². The Hall–Kier alpha value is -3.65. The Morgan fingerprint density at radius 2 is 1.61 bits per heavy atom. The number of hydrogen-bond acceptors (Lipinski definition) is 6. The SMILES string of the molecule is CCSc1ccc(-c2ccc3c(NC(=O)c4cc(OC)c(OC)c(OC)c4)n[nH]c3c2)cc1. The van der Waals surface area contributed by atoms with Gasteiger partial charge in [0.05, 0.1) is 26.8 Å². The average molecular weight is 464 g/mol. The van der Waals surface area contributed by atoms with Crippen molar-refractivity contribution in [2.45, 2.75) is 11.8 Å². The van der Waals surface area contributed by atoms with Crippen molar-refractivity contribution in [2.75, 3.05) is 32.4 Å². The van der Waals surface area contributed by atoms with Gasteiger partial charge in [0.2, 0.25) is 5.75 Å². The number of aromatic nitrogens is 2. The summed E-state index contributed by atoms with van der Waals surface area (Å²) < 4.78 is 16.0. The van der Waals surface area contributed by atoms with E-state index in [1.54, 1.807) is 12.1 Å². The van der Waals surface area contributed by atoms with Gasteiger partial charge in [-0.3, -0.25) is 9.89 Å². The third-order valence-corrected chi connectivity index (χ3v) is 6.11. The summed E-state index contributed by atoms with van der Waals surface area (Å²) >= 11 is 1.82. The molecule has 0 spiro atoms. The van der Waals surface area contributed by atoms with E-state index in [1.807, 2.05) is 30.0 Å². The molecule has 0 fully saturated rings. The number of amides is 1. The molecule has 3 aromatic carbocycles. The van der Waals surface area contributed by atoms with E-state index in [9.17, 15) is 4.79 Å². The van der Waals surface area contributed by atoms with Crippen molar-refractivity contribution in [3.8, 4) is 28.4 Å². The van der Waals surface area contributed by atoms with E-state index in [1.165, 1.54) is 26.2 Å². The molecule has 4 aromatic rings. The summed E-state index contributed by atoms with van der Waals surface area (Å²) in [5.41, 5.74) is 3.39. The molecule has 7 nitrogen and oxygen atoms in total. The Morgan fingerprint density at radius 1 is 0.939 bits per heavy atom. The van der Waals surface area contributed by atoms with E-state index in [-0.39, 0.29) is 5.91 Å². The predicted molar refractivity (Wildman–Crippen MR) is 132 cm³/mol. The van der Waals surface area contributed by atoms with Crippen molar-refractivity contribution in [3.63, 3.8) is 0 Å². The summed E-state index contributed by atoms with van der Waals surface area (Å²) in [5, 5.41) is 11.0. The van der Waals surface area contributed by atoms with Crippen molar-refractivity contribution in [1.82, 2.24) is 10.2 Å². The molecule has 0 aliphatic carbocycles. The summed E-state index contributed by atoms with van der Waals surface area (Å²) in [5.74, 6) is 2.39. The summed E-state index contributed by atoms with van der Waals surface area (Å²) in [6.45, 7) is 2.14. The third kappa shape index (κ3) is 4.61. The molecule has 4 rings (SSSR count). The van der Waals surface area contributed by atoms with Crippen molar-refractivity contribution < 1.29 is 19.0 Å². The number of nitrogens with one attached hydrogen (secondary N) is 2. The third-order valence-electron chi connectivity index (χ3n) is 5.22. The van der Waals surface area contributed by atoms with Crippen LogP contribution >= 0.6 is 11.8 Å². The van der Waals surface area contributed by atoms with Crippen LogP contribution in [0.3, 0.4) is 0 Å². The first-order valence-electron chi connectivity index (χ1n) is 10.4. The summed E-state index contributed by atoms with van der Waals surface area (Å²) in [4.78, 5) is 14.2. The number of carbonyl (C=O) groups excluding carboxylic acids is 1. The summed E-state index contributed by atoms with van der Waals surface area (Å²) in [6.07, 6.45) is 0. The van der Waals surface area contributed by atoms with Crippen LogP contribution in [0.4, 0.5) is 5.82 Å². The molecule has 1 amide bonds. The lowest BCUT2D eigenvalue weighted by Crippen LogP contribution is -2.13. The van der Waals surface area contributed by atoms with Crippen molar-refractivity contribution >= 4 is 34.4 Å². The van der Waals surface area contributed by atoms with Gasteiger partial charge in [-0.25, -0.2) is 0 Å². The second kappa shape index (κ2) is 9.87. The molecule has 0 atom stereocenters. The molecular weight excluding hydrogens is 438 g/mol. The highest BCUT2D eigenvalue weighted by Gasteiger charge is 2.18. The molecule has 0 aliphatic rings. The fourth-order valence-corrected chi connectivity index (χ4v) is 4.26. The van der Waals surface area contributed by atoms with Crippen molar-refractivity contribution in [3.05, 3.63) is 60.2 Å². The molecule has 0 bridgehead atoms. The first kappa shape index (κ1) is 22.5. The maximum Gasteiger partial charge on any atom is 0.257 e. The number of ether oxygens (including phenoxy) is 3. The van der Waals surface area contributed by atoms with Crippen LogP contribution in [0.2, 0.25) is 0 Å². The maximum absolute atomic E-state index is 12.9. The zero-order valence-electron chi connectivity index (χ0n) is 18.9. The molecule has 1 aromatic heterocycles. The molecule has 0 saturated heterocycles. The Kier molecular flexibility index (Phi) is 6.74. The van der Waals surface area contributed by atoms with E-state index in [0.29, 0.717) is 28.6 Å². The van der Waals surface area contributed by atoms with E-state index >= 15 is 0 Å². The Balaban J connectivity index is 1.59. The smallest absolute Gasteiger partial charge is 0.257 e. The molecule has 2 N–H and O–H groups in total. The number of fused-ring (bicyclic) bond motifs is 1. The van der Waals surface area contributed by atoms with Gasteiger partial charge < -0.3 is 19.5 Å². The summed E-state index contributed by atoms with van der Waals surface area (Å²) in [7, 11) is 4.53. The molecular formula is C25H25N3O4S. The fraction of sp³-hybridized carbons (Fsp3) is 0.200. The number of thioether (sulfide) groups is 1. The zero-order valence-corrected chi connectivity index (χ0v) is 19.7. The van der Waals surface area contributed by atoms with Crippen LogP contribution in [0.1, 0.15) is 17.3 Å². The highest BCUT2D eigenvalue weighted by Crippen LogP contribution is 2.38. The van der Waals surface area contributed by atoms with Crippen molar-refractivity contribution in [1.29, 1.82) is 0 Å². The van der Waals surface area contributed by atoms with Crippen LogP contribution < -0.4 is 19.5 Å². The highest BCUT2D eigenvalue weighted by molar-refractivity contribution is 7.99. The number of aromatic amines is 1.